The molecule has 11 heteroatoms. The van der Waals surface area contributed by atoms with Gasteiger partial charge in [0.2, 0.25) is 0 Å². The van der Waals surface area contributed by atoms with Gasteiger partial charge in [0.05, 0.1) is 25.3 Å². The van der Waals surface area contributed by atoms with E-state index in [0.29, 0.717) is 51.1 Å². The highest BCUT2D eigenvalue weighted by molar-refractivity contribution is 5.99. The molecular formula is C40H17F7N4. The first-order valence-corrected chi connectivity index (χ1v) is 15.1. The van der Waals surface area contributed by atoms with Crippen molar-refractivity contribution in [3.05, 3.63) is 151 Å². The van der Waals surface area contributed by atoms with Crippen LogP contribution in [-0.2, 0) is 19.0 Å². The van der Waals surface area contributed by atoms with Gasteiger partial charge in [0.1, 0.15) is 28.8 Å². The van der Waals surface area contributed by atoms with Gasteiger partial charge >= 0.3 is 6.18 Å². The predicted octanol–water partition coefficient (Wildman–Crippen LogP) is 9.15. The van der Waals surface area contributed by atoms with Crippen LogP contribution in [0.4, 0.5) is 30.7 Å². The number of nitrogens with zero attached hydrogens (tertiary/aromatic N) is 4. The number of hydrogen-bond donors (Lipinski definition) is 0. The maximum absolute atomic E-state index is 14.9. The van der Waals surface area contributed by atoms with Gasteiger partial charge in [-0.1, -0.05) is 36.4 Å². The molecule has 0 amide bonds. The minimum Gasteiger partial charge on any atom is -0.226 e. The summed E-state index contributed by atoms with van der Waals surface area (Å²) in [5, 5.41) is 20.8. The SMILES string of the molecule is [C-]#[N+]/C(C#N)=c1/c2c(/c(=C(\C#N)[N+]#[C-])c3c1-c1c(cccc1-c1cc(F)c(C)c(F)c1)C3)-c1c(cccc1-c1cc(F)c(C(F)(F)F)c(F)c1)C2. The Morgan fingerprint density at radius 3 is 1.39 bits per heavy atom. The first-order chi connectivity index (χ1) is 24.3. The summed E-state index contributed by atoms with van der Waals surface area (Å²) in [7, 11) is 0. The number of fused-ring (bicyclic) bond motifs is 6. The van der Waals surface area contributed by atoms with Crippen LogP contribution in [0.3, 0.4) is 0 Å². The second-order valence-corrected chi connectivity index (χ2v) is 12.0. The van der Waals surface area contributed by atoms with Gasteiger partial charge in [-0.3, -0.25) is 0 Å². The Morgan fingerprint density at radius 1 is 0.647 bits per heavy atom. The van der Waals surface area contributed by atoms with Gasteiger partial charge in [0, 0.05) is 16.0 Å². The lowest BCUT2D eigenvalue weighted by atomic mass is 9.86. The molecule has 0 N–H and O–H groups in total. The fourth-order valence-electron chi connectivity index (χ4n) is 7.30. The van der Waals surface area contributed by atoms with Crippen LogP contribution in [0.1, 0.15) is 33.4 Å². The average Bonchev–Trinajstić information content (AvgIpc) is 3.66. The quantitative estimate of drug-likeness (QED) is 0.135. The zero-order valence-corrected chi connectivity index (χ0v) is 26.1. The molecule has 0 spiro atoms. The molecule has 0 aliphatic heterocycles. The normalized spacial score (nSPS) is 13.5. The third kappa shape index (κ3) is 4.86. The summed E-state index contributed by atoms with van der Waals surface area (Å²) in [6, 6.07) is 17.0. The maximum atomic E-state index is 14.9. The van der Waals surface area contributed by atoms with Crippen LogP contribution in [-0.4, -0.2) is 0 Å². The Balaban J connectivity index is 1.66. The highest BCUT2D eigenvalue weighted by Gasteiger charge is 2.39. The molecule has 2 aliphatic rings. The fraction of sp³-hybridized carbons (Fsp3) is 0.100. The Hall–Kier alpha value is -6.69. The molecule has 7 rings (SSSR count). The first-order valence-electron chi connectivity index (χ1n) is 15.1. The molecule has 0 saturated heterocycles. The molecule has 5 aromatic rings. The van der Waals surface area contributed by atoms with E-state index in [2.05, 4.69) is 9.69 Å². The van der Waals surface area contributed by atoms with Gasteiger partial charge in [-0.25, -0.2) is 37.8 Å². The Bertz CT molecular complexity index is 2660. The Labute approximate surface area is 285 Å². The van der Waals surface area contributed by atoms with Gasteiger partial charge in [-0.15, -0.1) is 0 Å². The van der Waals surface area contributed by atoms with Crippen molar-refractivity contribution >= 4 is 11.4 Å². The van der Waals surface area contributed by atoms with Crippen LogP contribution in [0.2, 0.25) is 0 Å². The van der Waals surface area contributed by atoms with E-state index in [9.17, 15) is 41.3 Å². The molecule has 4 nitrogen and oxygen atoms in total. The number of rotatable bonds is 2. The molecule has 51 heavy (non-hydrogen) atoms. The van der Waals surface area contributed by atoms with Crippen molar-refractivity contribution in [2.75, 3.05) is 0 Å². The van der Waals surface area contributed by atoms with Crippen molar-refractivity contribution < 1.29 is 30.7 Å². The zero-order valence-electron chi connectivity index (χ0n) is 26.1. The van der Waals surface area contributed by atoms with Gasteiger partial charge in [-0.2, -0.15) is 13.2 Å². The fourth-order valence-corrected chi connectivity index (χ4v) is 7.30. The van der Waals surface area contributed by atoms with E-state index in [1.807, 2.05) is 12.1 Å². The lowest BCUT2D eigenvalue weighted by molar-refractivity contribution is -0.142. The van der Waals surface area contributed by atoms with E-state index in [0.717, 1.165) is 0 Å². The van der Waals surface area contributed by atoms with Crippen molar-refractivity contribution in [3.63, 3.8) is 0 Å². The zero-order chi connectivity index (χ0) is 36.5. The smallest absolute Gasteiger partial charge is 0.226 e. The van der Waals surface area contributed by atoms with Gasteiger partial charge in [0.15, 0.2) is 0 Å². The molecule has 0 saturated carbocycles. The van der Waals surface area contributed by atoms with Crippen LogP contribution in [0.25, 0.3) is 65.6 Å². The third-order valence-corrected chi connectivity index (χ3v) is 9.38. The van der Waals surface area contributed by atoms with Gasteiger partial charge in [-0.05, 0) is 111 Å². The van der Waals surface area contributed by atoms with Crippen LogP contribution < -0.4 is 10.4 Å². The van der Waals surface area contributed by atoms with Crippen LogP contribution >= 0.6 is 0 Å². The van der Waals surface area contributed by atoms with Crippen molar-refractivity contribution in [2.24, 2.45) is 0 Å². The first kappa shape index (κ1) is 32.8. The summed E-state index contributed by atoms with van der Waals surface area (Å²) in [5.41, 5.74) is 0.430. The molecule has 5 aromatic carbocycles. The van der Waals surface area contributed by atoms with E-state index in [-0.39, 0.29) is 68.1 Å². The number of halogens is 7. The van der Waals surface area contributed by atoms with Crippen LogP contribution in [0.15, 0.2) is 60.7 Å². The summed E-state index contributed by atoms with van der Waals surface area (Å²) in [5.74, 6) is -5.27. The summed E-state index contributed by atoms with van der Waals surface area (Å²) in [6.45, 7) is 17.2. The summed E-state index contributed by atoms with van der Waals surface area (Å²) < 4.78 is 100. The maximum Gasteiger partial charge on any atom is 0.422 e. The van der Waals surface area contributed by atoms with Crippen molar-refractivity contribution in [2.45, 2.75) is 25.9 Å². The lowest BCUT2D eigenvalue weighted by Crippen LogP contribution is -2.26. The molecule has 0 atom stereocenters. The van der Waals surface area contributed by atoms with Crippen molar-refractivity contribution in [1.29, 1.82) is 10.5 Å². The predicted molar refractivity (Wildman–Crippen MR) is 174 cm³/mol. The van der Waals surface area contributed by atoms with E-state index in [1.165, 1.54) is 31.2 Å². The monoisotopic (exact) mass is 686 g/mol. The molecule has 0 unspecified atom stereocenters. The van der Waals surface area contributed by atoms with E-state index in [1.54, 1.807) is 24.3 Å². The lowest BCUT2D eigenvalue weighted by Gasteiger charge is -2.17. The van der Waals surface area contributed by atoms with Gasteiger partial charge in [0.25, 0.3) is 11.4 Å². The molecule has 0 fully saturated rings. The summed E-state index contributed by atoms with van der Waals surface area (Å²) in [6.07, 6.45) is -5.24. The van der Waals surface area contributed by atoms with Crippen LogP contribution in [0, 0.1) is 66.0 Å². The average molecular weight is 687 g/mol. The molecular weight excluding hydrogens is 669 g/mol. The number of alkyl halides is 3. The summed E-state index contributed by atoms with van der Waals surface area (Å²) >= 11 is 0. The molecule has 246 valence electrons. The second-order valence-electron chi connectivity index (χ2n) is 12.0. The highest BCUT2D eigenvalue weighted by atomic mass is 19.4. The molecule has 0 heterocycles. The Kier molecular flexibility index (Phi) is 7.55. The minimum absolute atomic E-state index is 0.00240. The third-order valence-electron chi connectivity index (χ3n) is 9.38. The molecule has 2 aliphatic carbocycles. The number of benzene rings is 5. The summed E-state index contributed by atoms with van der Waals surface area (Å²) in [4.78, 5) is 7.00. The second kappa shape index (κ2) is 11.7. The molecule has 0 bridgehead atoms. The van der Waals surface area contributed by atoms with Crippen molar-refractivity contribution in [3.8, 4) is 56.6 Å². The minimum atomic E-state index is -5.31. The Morgan fingerprint density at radius 2 is 1.04 bits per heavy atom. The standard InChI is InChI=1S/C40H17F7N4/c1-18-27(41)12-21(13-28(18)42)23-8-4-6-19-10-25-36(32(17-49)51-3)38-26(35(31(16-48)50-2)37(25)33(19)23)11-20-7-5-9-24(34(20)38)22-14-29(43)39(30(44)15-22)40(45,46)47/h4-9,12-15H,10-11H2,1H3/b35-31-,36-32+. The molecule has 0 aromatic heterocycles. The van der Waals surface area contributed by atoms with Crippen LogP contribution in [0.5, 0.6) is 0 Å². The highest BCUT2D eigenvalue weighted by Crippen LogP contribution is 2.47. The van der Waals surface area contributed by atoms with E-state index >= 15 is 0 Å². The van der Waals surface area contributed by atoms with Gasteiger partial charge < -0.3 is 0 Å². The molecule has 0 radical (unpaired) electrons. The number of hydrogen-bond acceptors (Lipinski definition) is 2. The van der Waals surface area contributed by atoms with Crippen molar-refractivity contribution in [1.82, 2.24) is 0 Å². The van der Waals surface area contributed by atoms with E-state index in [4.69, 9.17) is 13.1 Å². The van der Waals surface area contributed by atoms with E-state index < -0.39 is 35.0 Å². The number of nitriles is 2. The largest absolute Gasteiger partial charge is 0.422 e. The topological polar surface area (TPSA) is 56.3 Å².